The van der Waals surface area contributed by atoms with Gasteiger partial charge in [0, 0.05) is 12.0 Å². The Bertz CT molecular complexity index is 504. The fourth-order valence-electron chi connectivity index (χ4n) is 3.15. The lowest BCUT2D eigenvalue weighted by molar-refractivity contribution is -0.144. The summed E-state index contributed by atoms with van der Waals surface area (Å²) in [7, 11) is 0. The number of aryl methyl sites for hydroxylation is 1. The van der Waals surface area contributed by atoms with Gasteiger partial charge in [-0.1, -0.05) is 18.2 Å². The van der Waals surface area contributed by atoms with Crippen molar-refractivity contribution in [2.45, 2.75) is 31.1 Å². The second-order valence-corrected chi connectivity index (χ2v) is 4.68. The number of aliphatic carboxylic acids is 1. The van der Waals surface area contributed by atoms with Crippen molar-refractivity contribution >= 4 is 11.8 Å². The third-order valence-electron chi connectivity index (χ3n) is 3.85. The maximum atomic E-state index is 11.9. The Hall–Kier alpha value is -1.64. The highest BCUT2D eigenvalue weighted by atomic mass is 16.4. The number of carbonyl (C=O) groups excluding carboxylic acids is 1. The summed E-state index contributed by atoms with van der Waals surface area (Å²) in [6.45, 7) is 0. The summed E-state index contributed by atoms with van der Waals surface area (Å²) in [4.78, 5) is 23.4. The lowest BCUT2D eigenvalue weighted by Gasteiger charge is -2.30. The molecule has 3 nitrogen and oxygen atoms in total. The predicted molar refractivity (Wildman–Crippen MR) is 57.6 cm³/mol. The summed E-state index contributed by atoms with van der Waals surface area (Å²) in [5.74, 6) is -0.854. The molecule has 3 rings (SSSR count). The molecular weight excluding hydrogens is 204 g/mol. The van der Waals surface area contributed by atoms with Crippen LogP contribution in [0.25, 0.3) is 0 Å². The number of rotatable bonds is 1. The van der Waals surface area contributed by atoms with Crippen molar-refractivity contribution in [2.75, 3.05) is 0 Å². The normalized spacial score (nSPS) is 26.6. The van der Waals surface area contributed by atoms with Crippen LogP contribution in [0.4, 0.5) is 0 Å². The molecule has 0 saturated heterocycles. The molecule has 16 heavy (non-hydrogen) atoms. The number of benzene rings is 1. The number of ketones is 1. The molecule has 0 radical (unpaired) electrons. The Morgan fingerprint density at radius 1 is 1.38 bits per heavy atom. The molecule has 0 aliphatic heterocycles. The van der Waals surface area contributed by atoms with Gasteiger partial charge in [-0.05, 0) is 30.4 Å². The Labute approximate surface area is 93.1 Å². The minimum Gasteiger partial charge on any atom is -0.481 e. The first-order chi connectivity index (χ1) is 7.65. The molecule has 2 aliphatic rings. The Morgan fingerprint density at radius 2 is 2.19 bits per heavy atom. The van der Waals surface area contributed by atoms with Crippen molar-refractivity contribution < 1.29 is 14.7 Å². The van der Waals surface area contributed by atoms with Gasteiger partial charge in [-0.3, -0.25) is 9.59 Å². The van der Waals surface area contributed by atoms with Crippen LogP contribution in [0.2, 0.25) is 0 Å². The topological polar surface area (TPSA) is 54.4 Å². The molecule has 1 N–H and O–H groups in total. The number of hydrogen-bond donors (Lipinski definition) is 1. The zero-order valence-corrected chi connectivity index (χ0v) is 8.82. The van der Waals surface area contributed by atoms with E-state index in [4.69, 9.17) is 0 Å². The van der Waals surface area contributed by atoms with E-state index >= 15 is 0 Å². The monoisotopic (exact) mass is 216 g/mol. The fourth-order valence-corrected chi connectivity index (χ4v) is 3.15. The first kappa shape index (κ1) is 9.58. The minimum atomic E-state index is -0.915. The molecule has 0 bridgehead atoms. The van der Waals surface area contributed by atoms with E-state index in [1.165, 1.54) is 0 Å². The number of hydrogen-bond acceptors (Lipinski definition) is 2. The highest BCUT2D eigenvalue weighted by molar-refractivity contribution is 6.08. The first-order valence-corrected chi connectivity index (χ1v) is 5.54. The Balaban J connectivity index is 2.33. The van der Waals surface area contributed by atoms with Crippen molar-refractivity contribution in [3.05, 3.63) is 34.9 Å². The predicted octanol–water partition coefficient (Wildman–Crippen LogP) is 1.93. The molecular formula is C13H12O3. The Kier molecular flexibility index (Phi) is 1.76. The molecule has 82 valence electrons. The number of Topliss-reactive ketones (excluding diaryl/α,β-unsaturated/α-hetero) is 1. The van der Waals surface area contributed by atoms with E-state index in [1.807, 2.05) is 12.1 Å². The first-order valence-electron chi connectivity index (χ1n) is 5.54. The van der Waals surface area contributed by atoms with Gasteiger partial charge in [0.25, 0.3) is 0 Å². The SMILES string of the molecule is O=C1C[C@]2(C(=O)O)CCCc3cccc1c32. The van der Waals surface area contributed by atoms with Crippen LogP contribution in [0.15, 0.2) is 18.2 Å². The molecule has 0 aromatic heterocycles. The van der Waals surface area contributed by atoms with Gasteiger partial charge in [-0.2, -0.15) is 0 Å². The summed E-state index contributed by atoms with van der Waals surface area (Å²) in [6, 6.07) is 5.57. The van der Waals surface area contributed by atoms with Gasteiger partial charge in [0.1, 0.15) is 5.41 Å². The molecule has 0 amide bonds. The van der Waals surface area contributed by atoms with E-state index in [0.717, 1.165) is 24.0 Å². The van der Waals surface area contributed by atoms with Gasteiger partial charge < -0.3 is 5.11 Å². The molecule has 0 fully saturated rings. The lowest BCUT2D eigenvalue weighted by atomic mass is 9.71. The van der Waals surface area contributed by atoms with Gasteiger partial charge in [0.15, 0.2) is 5.78 Å². The average Bonchev–Trinajstić information content (AvgIpc) is 2.56. The van der Waals surface area contributed by atoms with E-state index < -0.39 is 11.4 Å². The van der Waals surface area contributed by atoms with Crippen molar-refractivity contribution in [1.29, 1.82) is 0 Å². The van der Waals surface area contributed by atoms with Gasteiger partial charge in [0.05, 0.1) is 0 Å². The van der Waals surface area contributed by atoms with Crippen LogP contribution in [-0.4, -0.2) is 16.9 Å². The van der Waals surface area contributed by atoms with Crippen LogP contribution < -0.4 is 0 Å². The summed E-state index contributed by atoms with van der Waals surface area (Å²) in [5.41, 5.74) is 1.58. The van der Waals surface area contributed by atoms with Crippen molar-refractivity contribution in [2.24, 2.45) is 0 Å². The summed E-state index contributed by atoms with van der Waals surface area (Å²) >= 11 is 0. The maximum absolute atomic E-state index is 11.9. The highest BCUT2D eigenvalue weighted by Gasteiger charge is 2.51. The molecule has 0 heterocycles. The van der Waals surface area contributed by atoms with E-state index in [0.29, 0.717) is 12.0 Å². The van der Waals surface area contributed by atoms with Gasteiger partial charge in [0.2, 0.25) is 0 Å². The second-order valence-electron chi connectivity index (χ2n) is 4.68. The van der Waals surface area contributed by atoms with Crippen molar-refractivity contribution in [3.8, 4) is 0 Å². The van der Waals surface area contributed by atoms with Crippen LogP contribution in [0.1, 0.15) is 40.7 Å². The smallest absolute Gasteiger partial charge is 0.314 e. The van der Waals surface area contributed by atoms with E-state index in [-0.39, 0.29) is 12.2 Å². The zero-order chi connectivity index (χ0) is 11.3. The third kappa shape index (κ3) is 0.979. The van der Waals surface area contributed by atoms with E-state index in [9.17, 15) is 14.7 Å². The summed E-state index contributed by atoms with van der Waals surface area (Å²) in [5, 5.41) is 9.43. The van der Waals surface area contributed by atoms with Crippen LogP contribution in [0.5, 0.6) is 0 Å². The molecule has 1 aromatic rings. The number of carboxylic acids is 1. The van der Waals surface area contributed by atoms with Crippen LogP contribution in [0.3, 0.4) is 0 Å². The molecule has 0 unspecified atom stereocenters. The summed E-state index contributed by atoms with van der Waals surface area (Å²) < 4.78 is 0. The van der Waals surface area contributed by atoms with Crippen molar-refractivity contribution in [1.82, 2.24) is 0 Å². The minimum absolute atomic E-state index is 0.0128. The molecule has 3 heteroatoms. The largest absolute Gasteiger partial charge is 0.481 e. The lowest BCUT2D eigenvalue weighted by Crippen LogP contribution is -2.37. The maximum Gasteiger partial charge on any atom is 0.314 e. The standard InChI is InChI=1S/C13H12O3/c14-10-7-13(12(15)16)6-2-4-8-3-1-5-9(10)11(8)13/h1,3,5H,2,4,6-7H2,(H,15,16)/t13-/m1/s1. The molecule has 0 spiro atoms. The molecule has 0 saturated carbocycles. The van der Waals surface area contributed by atoms with Crippen LogP contribution in [0, 0.1) is 0 Å². The average molecular weight is 216 g/mol. The third-order valence-corrected chi connectivity index (χ3v) is 3.85. The molecule has 1 atom stereocenters. The summed E-state index contributed by atoms with van der Waals surface area (Å²) in [6.07, 6.45) is 2.49. The second kappa shape index (κ2) is 2.94. The van der Waals surface area contributed by atoms with Crippen molar-refractivity contribution in [3.63, 3.8) is 0 Å². The van der Waals surface area contributed by atoms with Crippen LogP contribution >= 0.6 is 0 Å². The highest BCUT2D eigenvalue weighted by Crippen LogP contribution is 2.47. The van der Waals surface area contributed by atoms with Gasteiger partial charge in [-0.15, -0.1) is 0 Å². The quantitative estimate of drug-likeness (QED) is 0.780. The number of carbonyl (C=O) groups is 2. The Morgan fingerprint density at radius 3 is 2.94 bits per heavy atom. The van der Waals surface area contributed by atoms with E-state index in [2.05, 4.69) is 0 Å². The zero-order valence-electron chi connectivity index (χ0n) is 8.82. The molecule has 1 aromatic carbocycles. The van der Waals surface area contributed by atoms with Crippen LogP contribution in [-0.2, 0) is 16.6 Å². The fraction of sp³-hybridized carbons (Fsp3) is 0.385. The number of carboxylic acid groups (broad SMARTS) is 1. The van der Waals surface area contributed by atoms with Gasteiger partial charge in [-0.25, -0.2) is 0 Å². The van der Waals surface area contributed by atoms with E-state index in [1.54, 1.807) is 6.07 Å². The van der Waals surface area contributed by atoms with Gasteiger partial charge >= 0.3 is 5.97 Å². The molecule has 2 aliphatic carbocycles.